The van der Waals surface area contributed by atoms with E-state index in [2.05, 4.69) is 5.43 Å². The zero-order valence-corrected chi connectivity index (χ0v) is 11.6. The summed E-state index contributed by atoms with van der Waals surface area (Å²) in [5, 5.41) is 8.34. The van der Waals surface area contributed by atoms with Crippen LogP contribution in [0.5, 0.6) is 5.75 Å². The molecular formula is C14H16N2O5. The Bertz CT molecular complexity index is 551. The molecule has 0 saturated carbocycles. The lowest BCUT2D eigenvalue weighted by Crippen LogP contribution is -2.46. The molecule has 0 aromatic heterocycles. The van der Waals surface area contributed by atoms with E-state index in [0.717, 1.165) is 11.6 Å². The van der Waals surface area contributed by atoms with Crippen LogP contribution < -0.4 is 15.6 Å². The molecule has 1 atom stereocenters. The van der Waals surface area contributed by atoms with Crippen LogP contribution in [0, 0.1) is 6.92 Å². The molecule has 0 unspecified atom stereocenters. The van der Waals surface area contributed by atoms with Gasteiger partial charge in [0.05, 0.1) is 0 Å². The van der Waals surface area contributed by atoms with Gasteiger partial charge in [0.2, 0.25) is 0 Å². The minimum atomic E-state index is -1.26. The summed E-state index contributed by atoms with van der Waals surface area (Å²) in [6.07, 6.45) is 0.624. The lowest BCUT2D eigenvalue weighted by atomic mass is 10.2. The molecule has 0 saturated heterocycles. The molecule has 1 rings (SSSR count). The van der Waals surface area contributed by atoms with Crippen molar-refractivity contribution >= 4 is 17.8 Å². The van der Waals surface area contributed by atoms with Crippen molar-refractivity contribution in [3.8, 4) is 5.75 Å². The summed E-state index contributed by atoms with van der Waals surface area (Å²) >= 11 is 0. The third-order valence-corrected chi connectivity index (χ3v) is 2.39. The molecule has 0 spiro atoms. The fraction of sp³-hybridized carbons (Fsp3) is 0.214. The number of carboxylic acid groups (broad SMARTS) is 1. The molecule has 3 N–H and O–H groups in total. The average Bonchev–Trinajstić information content (AvgIpc) is 2.44. The van der Waals surface area contributed by atoms with Gasteiger partial charge in [0.25, 0.3) is 11.8 Å². The second-order valence-corrected chi connectivity index (χ2v) is 4.22. The number of aryl methyl sites for hydroxylation is 1. The molecule has 0 heterocycles. The minimum absolute atomic E-state index is 0.528. The molecule has 112 valence electrons. The van der Waals surface area contributed by atoms with Gasteiger partial charge in [0, 0.05) is 12.2 Å². The first-order valence-corrected chi connectivity index (χ1v) is 6.12. The molecule has 7 heteroatoms. The number of rotatable bonds is 5. The van der Waals surface area contributed by atoms with Gasteiger partial charge in [-0.15, -0.1) is 0 Å². The van der Waals surface area contributed by atoms with Crippen LogP contribution in [0.2, 0.25) is 0 Å². The fourth-order valence-corrected chi connectivity index (χ4v) is 1.29. The lowest BCUT2D eigenvalue weighted by Gasteiger charge is -2.14. The normalized spacial score (nSPS) is 11.7. The SMILES string of the molecule is Cc1ccc(O[C@@H](C)C(=O)NNC(=O)/C=C/C(=O)O)cc1. The van der Waals surface area contributed by atoms with E-state index < -0.39 is 23.9 Å². The Hall–Kier alpha value is -2.83. The number of carboxylic acids is 1. The van der Waals surface area contributed by atoms with E-state index in [1.165, 1.54) is 6.92 Å². The first kappa shape index (κ1) is 16.2. The van der Waals surface area contributed by atoms with Crippen LogP contribution in [0.3, 0.4) is 0 Å². The summed E-state index contributed by atoms with van der Waals surface area (Å²) in [5.74, 6) is -2.05. The summed E-state index contributed by atoms with van der Waals surface area (Å²) in [5.41, 5.74) is 5.24. The van der Waals surface area contributed by atoms with Crippen molar-refractivity contribution in [2.24, 2.45) is 0 Å². The largest absolute Gasteiger partial charge is 0.481 e. The number of amides is 2. The van der Waals surface area contributed by atoms with E-state index in [9.17, 15) is 14.4 Å². The number of ether oxygens (including phenoxy) is 1. The standard InChI is InChI=1S/C14H16N2O5/c1-9-3-5-11(6-4-9)21-10(2)14(20)16-15-12(17)7-8-13(18)19/h3-8,10H,1-2H3,(H,15,17)(H,16,20)(H,18,19)/b8-7+/t10-/m0/s1. The number of hydrazine groups is 1. The molecular weight excluding hydrogens is 276 g/mol. The third-order valence-electron chi connectivity index (χ3n) is 2.39. The van der Waals surface area contributed by atoms with Crippen molar-refractivity contribution in [1.82, 2.24) is 10.9 Å². The quantitative estimate of drug-likeness (QED) is 0.543. The number of aliphatic carboxylic acids is 1. The van der Waals surface area contributed by atoms with Gasteiger partial charge >= 0.3 is 5.97 Å². The predicted molar refractivity (Wildman–Crippen MR) is 74.3 cm³/mol. The van der Waals surface area contributed by atoms with E-state index in [-0.39, 0.29) is 0 Å². The smallest absolute Gasteiger partial charge is 0.328 e. The van der Waals surface area contributed by atoms with E-state index >= 15 is 0 Å². The number of carbonyl (C=O) groups excluding carboxylic acids is 2. The van der Waals surface area contributed by atoms with E-state index in [0.29, 0.717) is 11.8 Å². The van der Waals surface area contributed by atoms with Crippen molar-refractivity contribution in [1.29, 1.82) is 0 Å². The van der Waals surface area contributed by atoms with Gasteiger partial charge in [-0.25, -0.2) is 4.79 Å². The van der Waals surface area contributed by atoms with Crippen LogP contribution in [-0.4, -0.2) is 29.0 Å². The Morgan fingerprint density at radius 1 is 1.14 bits per heavy atom. The predicted octanol–water partition coefficient (Wildman–Crippen LogP) is 0.551. The van der Waals surface area contributed by atoms with Crippen molar-refractivity contribution in [2.45, 2.75) is 20.0 Å². The van der Waals surface area contributed by atoms with Gasteiger partial charge in [0.15, 0.2) is 6.10 Å². The average molecular weight is 292 g/mol. The van der Waals surface area contributed by atoms with Crippen LogP contribution in [-0.2, 0) is 14.4 Å². The zero-order valence-electron chi connectivity index (χ0n) is 11.6. The van der Waals surface area contributed by atoms with Gasteiger partial charge in [-0.2, -0.15) is 0 Å². The Labute approximate surface area is 121 Å². The number of benzene rings is 1. The van der Waals surface area contributed by atoms with Crippen molar-refractivity contribution in [3.05, 3.63) is 42.0 Å². The van der Waals surface area contributed by atoms with Gasteiger partial charge < -0.3 is 9.84 Å². The molecule has 1 aromatic rings. The van der Waals surface area contributed by atoms with Crippen molar-refractivity contribution in [3.63, 3.8) is 0 Å². The van der Waals surface area contributed by atoms with Crippen LogP contribution in [0.15, 0.2) is 36.4 Å². The van der Waals surface area contributed by atoms with E-state index in [4.69, 9.17) is 9.84 Å². The third kappa shape index (κ3) is 6.24. The summed E-state index contributed by atoms with van der Waals surface area (Å²) < 4.78 is 5.39. The molecule has 0 aliphatic heterocycles. The molecule has 0 radical (unpaired) electrons. The lowest BCUT2D eigenvalue weighted by molar-refractivity contribution is -0.132. The van der Waals surface area contributed by atoms with Gasteiger partial charge in [-0.05, 0) is 26.0 Å². The van der Waals surface area contributed by atoms with Crippen LogP contribution >= 0.6 is 0 Å². The molecule has 0 aliphatic rings. The Morgan fingerprint density at radius 3 is 2.33 bits per heavy atom. The van der Waals surface area contributed by atoms with E-state index in [1.54, 1.807) is 12.1 Å². The fourth-order valence-electron chi connectivity index (χ4n) is 1.29. The maximum atomic E-state index is 11.7. The highest BCUT2D eigenvalue weighted by Gasteiger charge is 2.14. The number of nitrogens with one attached hydrogen (secondary N) is 2. The topological polar surface area (TPSA) is 105 Å². The number of hydrogen-bond acceptors (Lipinski definition) is 4. The second kappa shape index (κ2) is 7.68. The highest BCUT2D eigenvalue weighted by molar-refractivity contribution is 5.95. The Balaban J connectivity index is 2.42. The molecule has 2 amide bonds. The molecule has 0 aliphatic carbocycles. The molecule has 0 bridgehead atoms. The highest BCUT2D eigenvalue weighted by Crippen LogP contribution is 2.13. The summed E-state index contributed by atoms with van der Waals surface area (Å²) in [6, 6.07) is 7.15. The molecule has 7 nitrogen and oxygen atoms in total. The molecule has 0 fully saturated rings. The zero-order chi connectivity index (χ0) is 15.8. The minimum Gasteiger partial charge on any atom is -0.481 e. The van der Waals surface area contributed by atoms with Gasteiger partial charge in [-0.1, -0.05) is 17.7 Å². The highest BCUT2D eigenvalue weighted by atomic mass is 16.5. The van der Waals surface area contributed by atoms with E-state index in [1.807, 2.05) is 24.5 Å². The first-order valence-electron chi connectivity index (χ1n) is 6.12. The van der Waals surface area contributed by atoms with Gasteiger partial charge in [0.1, 0.15) is 5.75 Å². The summed E-state index contributed by atoms with van der Waals surface area (Å²) in [7, 11) is 0. The van der Waals surface area contributed by atoms with Gasteiger partial charge in [-0.3, -0.25) is 20.4 Å². The Kier molecular flexibility index (Phi) is 5.94. The Morgan fingerprint density at radius 2 is 1.76 bits per heavy atom. The number of hydrogen-bond donors (Lipinski definition) is 3. The molecule has 21 heavy (non-hydrogen) atoms. The number of carbonyl (C=O) groups is 3. The van der Waals surface area contributed by atoms with Crippen molar-refractivity contribution in [2.75, 3.05) is 0 Å². The summed E-state index contributed by atoms with van der Waals surface area (Å²) in [4.78, 5) is 33.0. The first-order chi connectivity index (χ1) is 9.88. The van der Waals surface area contributed by atoms with Crippen LogP contribution in [0.1, 0.15) is 12.5 Å². The van der Waals surface area contributed by atoms with Crippen LogP contribution in [0.4, 0.5) is 0 Å². The molecule has 1 aromatic carbocycles. The van der Waals surface area contributed by atoms with Crippen LogP contribution in [0.25, 0.3) is 0 Å². The van der Waals surface area contributed by atoms with Crippen molar-refractivity contribution < 1.29 is 24.2 Å². The summed E-state index contributed by atoms with van der Waals surface area (Å²) in [6.45, 7) is 3.45. The monoisotopic (exact) mass is 292 g/mol. The maximum Gasteiger partial charge on any atom is 0.328 e. The maximum absolute atomic E-state index is 11.7. The second-order valence-electron chi connectivity index (χ2n) is 4.22.